The highest BCUT2D eigenvalue weighted by Gasteiger charge is 2.35. The minimum atomic E-state index is 0.278. The standard InChI is InChI=1S/C33H31NO/c1-23-15-20-29-31(21-23)34(22-24-16-18-27(35-2)19-17-24)33-28-13-7-6-9-25(28)12-8-14-30(33)32(29)26-10-4-3-5-11-26/h3-7,9-11,13,15-21,32H,8,12,14,22H2,1-2H3/t32-/m1/s1. The highest BCUT2D eigenvalue weighted by atomic mass is 16.5. The number of methoxy groups -OCH3 is 1. The number of allylic oxidation sites excluding steroid dienone is 1. The molecule has 0 radical (unpaired) electrons. The maximum atomic E-state index is 5.42. The lowest BCUT2D eigenvalue weighted by molar-refractivity contribution is 0.414. The molecule has 0 saturated carbocycles. The van der Waals surface area contributed by atoms with Gasteiger partial charge in [-0.3, -0.25) is 0 Å². The lowest BCUT2D eigenvalue weighted by Crippen LogP contribution is -2.30. The molecule has 2 aliphatic rings. The van der Waals surface area contributed by atoms with E-state index in [1.165, 1.54) is 51.2 Å². The Morgan fingerprint density at radius 1 is 0.829 bits per heavy atom. The van der Waals surface area contributed by atoms with E-state index in [0.29, 0.717) is 0 Å². The zero-order valence-corrected chi connectivity index (χ0v) is 20.5. The molecule has 0 fully saturated rings. The maximum absolute atomic E-state index is 5.42. The predicted molar refractivity (Wildman–Crippen MR) is 145 cm³/mol. The average molecular weight is 458 g/mol. The Morgan fingerprint density at radius 3 is 2.40 bits per heavy atom. The summed E-state index contributed by atoms with van der Waals surface area (Å²) in [5, 5.41) is 0. The van der Waals surface area contributed by atoms with Gasteiger partial charge in [0.15, 0.2) is 0 Å². The molecule has 4 aromatic rings. The number of fused-ring (bicyclic) bond motifs is 3. The van der Waals surface area contributed by atoms with E-state index in [9.17, 15) is 0 Å². The molecule has 0 spiro atoms. The van der Waals surface area contributed by atoms with Gasteiger partial charge in [-0.15, -0.1) is 0 Å². The van der Waals surface area contributed by atoms with Crippen LogP contribution in [0.15, 0.2) is 103 Å². The smallest absolute Gasteiger partial charge is 0.118 e. The second-order valence-electron chi connectivity index (χ2n) is 9.72. The number of benzene rings is 4. The summed E-state index contributed by atoms with van der Waals surface area (Å²) in [6, 6.07) is 35.7. The molecule has 0 saturated heterocycles. The minimum Gasteiger partial charge on any atom is -0.497 e. The topological polar surface area (TPSA) is 12.5 Å². The van der Waals surface area contributed by atoms with Crippen molar-refractivity contribution in [3.05, 3.63) is 136 Å². The van der Waals surface area contributed by atoms with Gasteiger partial charge in [-0.25, -0.2) is 0 Å². The molecule has 0 amide bonds. The van der Waals surface area contributed by atoms with E-state index in [1.54, 1.807) is 12.7 Å². The van der Waals surface area contributed by atoms with Crippen molar-refractivity contribution in [1.29, 1.82) is 0 Å². The number of anilines is 1. The molecule has 0 bridgehead atoms. The van der Waals surface area contributed by atoms with Crippen LogP contribution in [0.2, 0.25) is 0 Å². The number of ether oxygens (including phenoxy) is 1. The van der Waals surface area contributed by atoms with Crippen LogP contribution in [-0.4, -0.2) is 7.11 Å². The Kier molecular flexibility index (Phi) is 5.66. The van der Waals surface area contributed by atoms with Gasteiger partial charge in [0.1, 0.15) is 5.75 Å². The van der Waals surface area contributed by atoms with Gasteiger partial charge in [0.05, 0.1) is 7.11 Å². The Balaban J connectivity index is 1.60. The summed E-state index contributed by atoms with van der Waals surface area (Å²) in [5.74, 6) is 1.17. The van der Waals surface area contributed by atoms with E-state index in [1.807, 2.05) is 0 Å². The van der Waals surface area contributed by atoms with E-state index < -0.39 is 0 Å². The summed E-state index contributed by atoms with van der Waals surface area (Å²) in [7, 11) is 1.72. The lowest BCUT2D eigenvalue weighted by Gasteiger charge is -2.40. The van der Waals surface area contributed by atoms with Gasteiger partial charge in [-0.05, 0) is 77.8 Å². The molecule has 1 aliphatic heterocycles. The van der Waals surface area contributed by atoms with Crippen LogP contribution in [0.4, 0.5) is 5.69 Å². The van der Waals surface area contributed by atoms with E-state index in [-0.39, 0.29) is 5.92 Å². The van der Waals surface area contributed by atoms with Gasteiger partial charge in [0.2, 0.25) is 0 Å². The molecular weight excluding hydrogens is 426 g/mol. The third-order valence-electron chi connectivity index (χ3n) is 7.51. The highest BCUT2D eigenvalue weighted by molar-refractivity contribution is 5.89. The van der Waals surface area contributed by atoms with Crippen molar-refractivity contribution in [3.8, 4) is 5.75 Å². The third-order valence-corrected chi connectivity index (χ3v) is 7.51. The van der Waals surface area contributed by atoms with Crippen molar-refractivity contribution in [2.24, 2.45) is 0 Å². The summed E-state index contributed by atoms with van der Waals surface area (Å²) in [6.07, 6.45) is 3.41. The predicted octanol–water partition coefficient (Wildman–Crippen LogP) is 7.90. The van der Waals surface area contributed by atoms with E-state index in [0.717, 1.165) is 25.1 Å². The first-order valence-corrected chi connectivity index (χ1v) is 12.6. The lowest BCUT2D eigenvalue weighted by atomic mass is 9.77. The number of hydrogen-bond donors (Lipinski definition) is 0. The first-order valence-electron chi connectivity index (χ1n) is 12.6. The Hall–Kier alpha value is -3.78. The van der Waals surface area contributed by atoms with Crippen LogP contribution >= 0.6 is 0 Å². The number of aryl methyl sites for hydroxylation is 2. The normalized spacial score (nSPS) is 16.7. The minimum absolute atomic E-state index is 0.278. The van der Waals surface area contributed by atoms with Gasteiger partial charge in [0.25, 0.3) is 0 Å². The summed E-state index contributed by atoms with van der Waals surface area (Å²) in [5.41, 5.74) is 12.5. The highest BCUT2D eigenvalue weighted by Crippen LogP contribution is 2.51. The van der Waals surface area contributed by atoms with Crippen LogP contribution in [-0.2, 0) is 13.0 Å². The molecule has 4 aromatic carbocycles. The van der Waals surface area contributed by atoms with Crippen molar-refractivity contribution in [2.75, 3.05) is 12.0 Å². The number of hydrogen-bond acceptors (Lipinski definition) is 2. The van der Waals surface area contributed by atoms with Crippen LogP contribution in [0.3, 0.4) is 0 Å². The second-order valence-corrected chi connectivity index (χ2v) is 9.72. The molecule has 174 valence electrons. The van der Waals surface area contributed by atoms with Gasteiger partial charge in [0, 0.05) is 29.4 Å². The fraction of sp³-hybridized carbons (Fsp3) is 0.212. The Morgan fingerprint density at radius 2 is 1.60 bits per heavy atom. The van der Waals surface area contributed by atoms with Crippen molar-refractivity contribution in [3.63, 3.8) is 0 Å². The van der Waals surface area contributed by atoms with Gasteiger partial charge in [-0.1, -0.05) is 78.9 Å². The van der Waals surface area contributed by atoms with Gasteiger partial charge < -0.3 is 9.64 Å². The Labute approximate surface area is 208 Å². The van der Waals surface area contributed by atoms with Crippen molar-refractivity contribution in [2.45, 2.75) is 38.6 Å². The third kappa shape index (κ3) is 3.93. The maximum Gasteiger partial charge on any atom is 0.118 e. The molecule has 0 aromatic heterocycles. The van der Waals surface area contributed by atoms with Crippen LogP contribution < -0.4 is 9.64 Å². The summed E-state index contributed by atoms with van der Waals surface area (Å²) in [6.45, 7) is 3.03. The summed E-state index contributed by atoms with van der Waals surface area (Å²) in [4.78, 5) is 2.59. The van der Waals surface area contributed by atoms with E-state index in [2.05, 4.69) is 109 Å². The first kappa shape index (κ1) is 21.7. The van der Waals surface area contributed by atoms with E-state index >= 15 is 0 Å². The molecule has 0 unspecified atom stereocenters. The van der Waals surface area contributed by atoms with Crippen molar-refractivity contribution in [1.82, 2.24) is 0 Å². The zero-order valence-electron chi connectivity index (χ0n) is 20.5. The zero-order chi connectivity index (χ0) is 23.8. The number of nitrogens with zero attached hydrogens (tertiary/aromatic N) is 1. The second kappa shape index (κ2) is 9.11. The quantitative estimate of drug-likeness (QED) is 0.309. The molecule has 1 heterocycles. The molecule has 6 rings (SSSR count). The van der Waals surface area contributed by atoms with Gasteiger partial charge in [-0.2, -0.15) is 0 Å². The molecule has 35 heavy (non-hydrogen) atoms. The van der Waals surface area contributed by atoms with Crippen molar-refractivity contribution >= 4 is 11.4 Å². The van der Waals surface area contributed by atoms with Crippen LogP contribution in [0.1, 0.15) is 52.1 Å². The van der Waals surface area contributed by atoms with E-state index in [4.69, 9.17) is 4.74 Å². The molecule has 1 aliphatic carbocycles. The molecule has 0 N–H and O–H groups in total. The molecule has 2 heteroatoms. The van der Waals surface area contributed by atoms with Crippen molar-refractivity contribution < 1.29 is 4.74 Å². The average Bonchev–Trinajstić information content (AvgIpc) is 3.09. The molecule has 1 atom stereocenters. The largest absolute Gasteiger partial charge is 0.497 e. The SMILES string of the molecule is COc1ccc(CN2C3=C(CCCc4ccccc43)[C@H](c3ccccc3)c3ccc(C)cc32)cc1. The Bertz CT molecular complexity index is 1380. The first-order chi connectivity index (χ1) is 17.2. The fourth-order valence-electron chi connectivity index (χ4n) is 5.87. The van der Waals surface area contributed by atoms with Crippen LogP contribution in [0, 0.1) is 6.92 Å². The fourth-order valence-corrected chi connectivity index (χ4v) is 5.87. The van der Waals surface area contributed by atoms with Crippen LogP contribution in [0.5, 0.6) is 5.75 Å². The summed E-state index contributed by atoms with van der Waals surface area (Å²) >= 11 is 0. The summed E-state index contributed by atoms with van der Waals surface area (Å²) < 4.78 is 5.42. The molecular formula is C33H31NO. The number of rotatable bonds is 4. The monoisotopic (exact) mass is 457 g/mol. The van der Waals surface area contributed by atoms with Crippen LogP contribution in [0.25, 0.3) is 5.70 Å². The van der Waals surface area contributed by atoms with Gasteiger partial charge >= 0.3 is 0 Å². The molecule has 2 nitrogen and oxygen atoms in total.